The number of hydrogen-bond donors (Lipinski definition) is 1. The minimum absolute atomic E-state index is 0.144. The lowest BCUT2D eigenvalue weighted by Crippen LogP contribution is -2.62. The van der Waals surface area contributed by atoms with Crippen molar-refractivity contribution < 1.29 is 4.74 Å². The number of allylic oxidation sites excluding steroid dienone is 8. The van der Waals surface area contributed by atoms with E-state index < -0.39 is 10.8 Å². The van der Waals surface area contributed by atoms with E-state index in [0.717, 1.165) is 33.5 Å². The molecule has 5 heterocycles. The van der Waals surface area contributed by atoms with E-state index in [2.05, 4.69) is 263 Å². The molecule has 1 aliphatic carbocycles. The van der Waals surface area contributed by atoms with Gasteiger partial charge in [-0.25, -0.2) is 0 Å². The molecule has 4 unspecified atom stereocenters. The van der Waals surface area contributed by atoms with E-state index in [1.54, 1.807) is 0 Å². The van der Waals surface area contributed by atoms with Crippen molar-refractivity contribution in [3.05, 3.63) is 154 Å². The second-order valence-corrected chi connectivity index (χ2v) is 25.4. The highest BCUT2D eigenvalue weighted by Crippen LogP contribution is 2.72. The predicted molar refractivity (Wildman–Crippen MR) is 387 cm³/mol. The van der Waals surface area contributed by atoms with Crippen LogP contribution in [0.25, 0.3) is 38.8 Å². The molecule has 0 radical (unpaired) electrons. The van der Waals surface area contributed by atoms with Crippen molar-refractivity contribution in [1.29, 1.82) is 0 Å². The Balaban J connectivity index is 1.28. The Kier molecular flexibility index (Phi) is 11.5. The second-order valence-electron chi connectivity index (χ2n) is 25.4. The summed E-state index contributed by atoms with van der Waals surface area (Å²) in [6, 6.07) is 29.5. The number of fused-ring (bicyclic) bond motifs is 7. The van der Waals surface area contributed by atoms with Crippen LogP contribution in [0.4, 0.5) is 11.4 Å². The van der Waals surface area contributed by atoms with Crippen molar-refractivity contribution in [3.8, 4) is 11.5 Å². The van der Waals surface area contributed by atoms with Crippen molar-refractivity contribution >= 4 is 250 Å². The van der Waals surface area contributed by atoms with Crippen molar-refractivity contribution in [3.63, 3.8) is 0 Å². The largest absolute Gasteiger partial charge is 0.457 e. The summed E-state index contributed by atoms with van der Waals surface area (Å²) in [5.74, 6) is 2.31. The van der Waals surface area contributed by atoms with Gasteiger partial charge in [-0.1, -0.05) is 126 Å². The van der Waals surface area contributed by atoms with Crippen LogP contribution in [0.5, 0.6) is 11.5 Å². The Bertz CT molecular complexity index is 4250. The SMILES string of the molecule is Bc1c(B)c(B)c(C2=CC=CC2(c2c(B)c(B)c(B)c(B)c2B)C2c3ccccc3N3c4cccc5c4C4(/C=C/C(c6c(B)c(B)c(B)c(B)c6B)=C(C(C)(C)C)\C=C(/N)n6c7ccccc7c7ccc(c4c76)O5)C23)c(B)c1B. The van der Waals surface area contributed by atoms with Gasteiger partial charge in [0.05, 0.1) is 22.5 Å². The standard InChI is InChI=1S/C60H62B15N3O/c1-58(2,3)28-22-34(76)78-29-13-6-4-10-23(29)24-17-18-33-39(56(24)78)60(21-19-25(28)35-41(61)47(67)53(73)48(68)42(35)62)38-31(15-8-16-32(38)79-33)77-30-14-7-5-11-26(30)37(57(60)77)59(40-45(65)51(71)55(75)52(72)46(40)66)20-9-12-27(59)36-43(63)49(69)54(74)50(70)44(36)64/h4-22,37,57H,61-76H2,1-3H3/b21-19+,28-25-,34-22+. The number of aromatic nitrogens is 1. The maximum absolute atomic E-state index is 7.96. The molecule has 4 atom stereocenters. The van der Waals surface area contributed by atoms with E-state index in [4.69, 9.17) is 10.5 Å². The number of nitrogens with zero attached hydrogens (tertiary/aromatic N) is 2. The van der Waals surface area contributed by atoms with Crippen LogP contribution in [0.15, 0.2) is 121 Å². The number of ether oxygens (including phenoxy) is 1. The van der Waals surface area contributed by atoms with Crippen molar-refractivity contribution in [2.45, 2.75) is 43.6 Å². The summed E-state index contributed by atoms with van der Waals surface area (Å²) >= 11 is 0. The molecule has 5 aliphatic rings. The highest BCUT2D eigenvalue weighted by Gasteiger charge is 2.67. The van der Waals surface area contributed by atoms with E-state index in [-0.39, 0.29) is 17.4 Å². The van der Waals surface area contributed by atoms with E-state index in [9.17, 15) is 0 Å². The average Bonchev–Trinajstić information content (AvgIpc) is 2.60. The monoisotopic (exact) mass is 1010 g/mol. The summed E-state index contributed by atoms with van der Waals surface area (Å²) in [6.07, 6.45) is 15.2. The van der Waals surface area contributed by atoms with Gasteiger partial charge < -0.3 is 15.4 Å². The first-order chi connectivity index (χ1) is 37.5. The Labute approximate surface area is 481 Å². The first-order valence-corrected chi connectivity index (χ1v) is 28.8. The number of anilines is 2. The van der Waals surface area contributed by atoms with Crippen molar-refractivity contribution in [2.24, 2.45) is 11.1 Å². The van der Waals surface area contributed by atoms with Crippen molar-refractivity contribution in [1.82, 2.24) is 4.57 Å². The Morgan fingerprint density at radius 2 is 1.05 bits per heavy atom. The minimum atomic E-state index is -0.842. The average molecular weight is 1000 g/mol. The minimum Gasteiger partial charge on any atom is -0.457 e. The Hall–Kier alpha value is -6.59. The summed E-state index contributed by atoms with van der Waals surface area (Å²) in [5, 5.41) is 2.33. The molecular weight excluding hydrogens is 941 g/mol. The molecule has 2 N–H and O–H groups in total. The lowest BCUT2D eigenvalue weighted by atomic mass is 9.48. The van der Waals surface area contributed by atoms with E-state index in [0.29, 0.717) is 5.82 Å². The van der Waals surface area contributed by atoms with E-state index >= 15 is 0 Å². The number of hydrogen-bond acceptors (Lipinski definition) is 3. The first-order valence-electron chi connectivity index (χ1n) is 28.8. The predicted octanol–water partition coefficient (Wildman–Crippen LogP) is -11.9. The molecule has 1 aromatic heterocycles. The van der Waals surface area contributed by atoms with Gasteiger partial charge in [-0.2, -0.15) is 0 Å². The van der Waals surface area contributed by atoms with Gasteiger partial charge in [0.2, 0.25) is 0 Å². The van der Waals surface area contributed by atoms with Crippen LogP contribution in [0.2, 0.25) is 0 Å². The maximum Gasteiger partial charge on any atom is 0.139 e. The van der Waals surface area contributed by atoms with Crippen LogP contribution in [-0.4, -0.2) is 128 Å². The molecule has 1 spiro atoms. The summed E-state index contributed by atoms with van der Waals surface area (Å²) in [5.41, 5.74) is 42.6. The van der Waals surface area contributed by atoms with Crippen LogP contribution in [-0.2, 0) is 10.8 Å². The second kappa shape index (κ2) is 17.5. The molecule has 0 fully saturated rings. The molecule has 8 aromatic rings. The highest BCUT2D eigenvalue weighted by molar-refractivity contribution is 6.70. The molecule has 13 rings (SSSR count). The quantitative estimate of drug-likeness (QED) is 0.179. The van der Waals surface area contributed by atoms with Gasteiger partial charge in [-0.3, -0.25) is 4.57 Å². The lowest BCUT2D eigenvalue weighted by Gasteiger charge is -2.49. The maximum atomic E-state index is 7.96. The molecule has 0 saturated heterocycles. The molecule has 4 aliphatic heterocycles. The van der Waals surface area contributed by atoms with Gasteiger partial charge in [-0.05, 0) is 86.9 Å². The molecule has 0 amide bonds. The fourth-order valence-corrected chi connectivity index (χ4v) is 16.3. The Morgan fingerprint density at radius 3 is 1.68 bits per heavy atom. The topological polar surface area (TPSA) is 43.4 Å². The van der Waals surface area contributed by atoms with Crippen LogP contribution in [0.3, 0.4) is 0 Å². The number of nitrogens with two attached hydrogens (primary N) is 1. The normalized spacial score (nSPS) is 22.5. The van der Waals surface area contributed by atoms with E-state index in [1.165, 1.54) is 143 Å². The van der Waals surface area contributed by atoms with Crippen LogP contribution < -0.4 is 97.3 Å². The van der Waals surface area contributed by atoms with Crippen molar-refractivity contribution in [2.75, 3.05) is 4.90 Å². The number of benzene rings is 7. The van der Waals surface area contributed by atoms with Gasteiger partial charge in [0.15, 0.2) is 0 Å². The first kappa shape index (κ1) is 51.8. The molecule has 19 heteroatoms. The number of para-hydroxylation sites is 2. The highest BCUT2D eigenvalue weighted by atomic mass is 16.5. The van der Waals surface area contributed by atoms with Gasteiger partial charge in [-0.15, -0.1) is 49.2 Å². The summed E-state index contributed by atoms with van der Waals surface area (Å²) in [4.78, 5) is 2.78. The molecule has 368 valence electrons. The zero-order chi connectivity index (χ0) is 56.0. The summed E-state index contributed by atoms with van der Waals surface area (Å²) < 4.78 is 9.90. The zero-order valence-corrected chi connectivity index (χ0v) is 50.0. The summed E-state index contributed by atoms with van der Waals surface area (Å²) in [6.45, 7) is 7.08. The molecule has 7 aromatic carbocycles. The molecule has 4 nitrogen and oxygen atoms in total. The lowest BCUT2D eigenvalue weighted by molar-refractivity contribution is 0.361. The zero-order valence-electron chi connectivity index (χ0n) is 50.0. The van der Waals surface area contributed by atoms with Gasteiger partial charge in [0.25, 0.3) is 0 Å². The molecule has 79 heavy (non-hydrogen) atoms. The van der Waals surface area contributed by atoms with Gasteiger partial charge >= 0.3 is 0 Å². The third-order valence-electron chi connectivity index (χ3n) is 21.4. The van der Waals surface area contributed by atoms with Crippen LogP contribution >= 0.6 is 0 Å². The molecule has 0 bridgehead atoms. The molecular formula is C60H62B15N3O. The van der Waals surface area contributed by atoms with E-state index in [1.807, 2.05) is 0 Å². The van der Waals surface area contributed by atoms with Crippen LogP contribution in [0, 0.1) is 5.41 Å². The molecule has 0 saturated carbocycles. The third kappa shape index (κ3) is 6.54. The number of rotatable bonds is 4. The third-order valence-corrected chi connectivity index (χ3v) is 21.4. The summed E-state index contributed by atoms with van der Waals surface area (Å²) in [7, 11) is 35.3. The fourth-order valence-electron chi connectivity index (χ4n) is 16.3. The van der Waals surface area contributed by atoms with Gasteiger partial charge in [0.1, 0.15) is 135 Å². The fraction of sp³-hybridized carbons (Fsp3) is 0.133. The van der Waals surface area contributed by atoms with Gasteiger partial charge in [0, 0.05) is 44.6 Å². The van der Waals surface area contributed by atoms with Crippen LogP contribution in [0.1, 0.15) is 60.1 Å². The Morgan fingerprint density at radius 1 is 0.506 bits per heavy atom. The smallest absolute Gasteiger partial charge is 0.139 e.